The molecule has 0 bridgehead atoms. The van der Waals surface area contributed by atoms with E-state index in [0.29, 0.717) is 23.7 Å². The van der Waals surface area contributed by atoms with E-state index in [1.165, 1.54) is 12.1 Å². The van der Waals surface area contributed by atoms with Crippen LogP contribution >= 0.6 is 0 Å². The number of halogens is 3. The van der Waals surface area contributed by atoms with Gasteiger partial charge in [-0.05, 0) is 31.0 Å². The zero-order valence-corrected chi connectivity index (χ0v) is 13.7. The van der Waals surface area contributed by atoms with Gasteiger partial charge in [0.25, 0.3) is 5.91 Å². The summed E-state index contributed by atoms with van der Waals surface area (Å²) >= 11 is 0. The molecule has 0 atom stereocenters. The number of aromatic nitrogens is 1. The highest BCUT2D eigenvalue weighted by molar-refractivity contribution is 5.98. The number of carboxylic acids is 1. The highest BCUT2D eigenvalue weighted by Gasteiger charge is 2.38. The van der Waals surface area contributed by atoms with Gasteiger partial charge in [-0.15, -0.1) is 13.2 Å². The van der Waals surface area contributed by atoms with E-state index in [1.807, 2.05) is 0 Å². The lowest BCUT2D eigenvalue weighted by atomic mass is 9.93. The van der Waals surface area contributed by atoms with Gasteiger partial charge in [0.05, 0.1) is 12.0 Å². The van der Waals surface area contributed by atoms with Gasteiger partial charge in [-0.3, -0.25) is 9.59 Å². The van der Waals surface area contributed by atoms with E-state index in [2.05, 4.69) is 15.0 Å². The number of aliphatic carboxylic acids is 1. The highest BCUT2D eigenvalue weighted by Crippen LogP contribution is 2.33. The van der Waals surface area contributed by atoms with E-state index in [0.717, 1.165) is 25.0 Å². The molecule has 0 spiro atoms. The molecule has 1 heterocycles. The fraction of sp³-hybridized carbons (Fsp3) is 0.412. The van der Waals surface area contributed by atoms with Crippen molar-refractivity contribution >= 4 is 22.8 Å². The van der Waals surface area contributed by atoms with Crippen molar-refractivity contribution in [1.82, 2.24) is 10.3 Å². The number of carboxylic acid groups (broad SMARTS) is 1. The number of hydrogen-bond donors (Lipinski definition) is 3. The van der Waals surface area contributed by atoms with E-state index >= 15 is 0 Å². The summed E-state index contributed by atoms with van der Waals surface area (Å²) in [5.74, 6) is -1.86. The average Bonchev–Trinajstić information content (AvgIpc) is 3.11. The zero-order valence-electron chi connectivity index (χ0n) is 13.7. The Balaban J connectivity index is 1.81. The van der Waals surface area contributed by atoms with Crippen LogP contribution in [0.2, 0.25) is 0 Å². The van der Waals surface area contributed by atoms with Gasteiger partial charge < -0.3 is 20.1 Å². The van der Waals surface area contributed by atoms with E-state index in [4.69, 9.17) is 5.11 Å². The van der Waals surface area contributed by atoms with Crippen LogP contribution in [0.4, 0.5) is 13.2 Å². The van der Waals surface area contributed by atoms with Gasteiger partial charge in [-0.25, -0.2) is 0 Å². The van der Waals surface area contributed by atoms with Gasteiger partial charge in [-0.2, -0.15) is 0 Å². The summed E-state index contributed by atoms with van der Waals surface area (Å²) < 4.78 is 40.8. The molecule has 3 rings (SSSR count). The summed E-state index contributed by atoms with van der Waals surface area (Å²) in [6.07, 6.45) is -2.14. The lowest BCUT2D eigenvalue weighted by Crippen LogP contribution is -2.47. The lowest BCUT2D eigenvalue weighted by molar-refractivity contribution is -0.274. The summed E-state index contributed by atoms with van der Waals surface area (Å²) in [4.78, 5) is 26.4. The minimum Gasteiger partial charge on any atom is -0.481 e. The van der Waals surface area contributed by atoms with Crippen molar-refractivity contribution in [3.8, 4) is 5.75 Å². The molecule has 2 aromatic rings. The Morgan fingerprint density at radius 3 is 2.54 bits per heavy atom. The summed E-state index contributed by atoms with van der Waals surface area (Å²) in [5, 5.41) is 12.4. The number of aromatic amines is 1. The molecule has 1 fully saturated rings. The van der Waals surface area contributed by atoms with Crippen LogP contribution in [0, 0.1) is 0 Å². The number of ether oxygens (including phenoxy) is 1. The second-order valence-corrected chi connectivity index (χ2v) is 6.49. The number of H-pyrrole nitrogens is 1. The van der Waals surface area contributed by atoms with Crippen LogP contribution in [-0.2, 0) is 4.79 Å². The Labute approximate surface area is 146 Å². The minimum absolute atomic E-state index is 0.154. The first-order chi connectivity index (χ1) is 12.2. The largest absolute Gasteiger partial charge is 0.573 e. The third-order valence-electron chi connectivity index (χ3n) is 4.50. The number of fused-ring (bicyclic) bond motifs is 1. The van der Waals surface area contributed by atoms with E-state index in [-0.39, 0.29) is 12.1 Å². The van der Waals surface area contributed by atoms with Crippen LogP contribution in [-0.4, -0.2) is 33.9 Å². The van der Waals surface area contributed by atoms with Gasteiger partial charge in [0.2, 0.25) is 0 Å². The van der Waals surface area contributed by atoms with Crippen molar-refractivity contribution < 1.29 is 32.6 Å². The molecule has 1 aliphatic carbocycles. The summed E-state index contributed by atoms with van der Waals surface area (Å²) in [5.41, 5.74) is -0.318. The predicted molar refractivity (Wildman–Crippen MR) is 85.9 cm³/mol. The van der Waals surface area contributed by atoms with Crippen molar-refractivity contribution in [3.05, 3.63) is 30.0 Å². The SMILES string of the molecule is O=C(O)CC1(NC(=O)c2cc3ccc(OC(F)(F)F)cc3[nH]2)CCCC1. The van der Waals surface area contributed by atoms with Gasteiger partial charge >= 0.3 is 12.3 Å². The van der Waals surface area contributed by atoms with Gasteiger partial charge in [0.1, 0.15) is 11.4 Å². The van der Waals surface area contributed by atoms with Gasteiger partial charge in [0, 0.05) is 17.0 Å². The van der Waals surface area contributed by atoms with Crippen LogP contribution < -0.4 is 10.1 Å². The molecule has 1 aliphatic rings. The quantitative estimate of drug-likeness (QED) is 0.750. The number of hydrogen-bond acceptors (Lipinski definition) is 3. The third kappa shape index (κ3) is 4.09. The molecule has 26 heavy (non-hydrogen) atoms. The number of carbonyl (C=O) groups is 2. The maximum atomic E-state index is 12.5. The van der Waals surface area contributed by atoms with Crippen LogP contribution in [0.1, 0.15) is 42.6 Å². The van der Waals surface area contributed by atoms with E-state index in [9.17, 15) is 22.8 Å². The second-order valence-electron chi connectivity index (χ2n) is 6.49. The summed E-state index contributed by atoms with van der Waals surface area (Å²) in [6, 6.07) is 5.23. The first-order valence-electron chi connectivity index (χ1n) is 8.09. The number of rotatable bonds is 5. The first kappa shape index (κ1) is 18.1. The van der Waals surface area contributed by atoms with Crippen molar-refractivity contribution in [2.45, 2.75) is 44.0 Å². The molecule has 1 aromatic heterocycles. The molecule has 0 unspecified atom stereocenters. The molecule has 9 heteroatoms. The lowest BCUT2D eigenvalue weighted by Gasteiger charge is -2.28. The number of benzene rings is 1. The topological polar surface area (TPSA) is 91.4 Å². The number of nitrogens with one attached hydrogen (secondary N) is 2. The third-order valence-corrected chi connectivity index (χ3v) is 4.50. The number of alkyl halides is 3. The fourth-order valence-corrected chi connectivity index (χ4v) is 3.42. The van der Waals surface area contributed by atoms with Crippen LogP contribution in [0.3, 0.4) is 0 Å². The molecule has 3 N–H and O–H groups in total. The molecular weight excluding hydrogens is 353 g/mol. The molecule has 1 saturated carbocycles. The molecule has 0 saturated heterocycles. The Morgan fingerprint density at radius 1 is 1.23 bits per heavy atom. The van der Waals surface area contributed by atoms with Crippen molar-refractivity contribution in [2.24, 2.45) is 0 Å². The average molecular weight is 370 g/mol. The normalized spacial score (nSPS) is 16.6. The maximum Gasteiger partial charge on any atom is 0.573 e. The Morgan fingerprint density at radius 2 is 1.92 bits per heavy atom. The van der Waals surface area contributed by atoms with Crippen molar-refractivity contribution in [1.29, 1.82) is 0 Å². The molecule has 6 nitrogen and oxygen atoms in total. The fourth-order valence-electron chi connectivity index (χ4n) is 3.42. The van der Waals surface area contributed by atoms with Crippen molar-refractivity contribution in [2.75, 3.05) is 0 Å². The van der Waals surface area contributed by atoms with Crippen molar-refractivity contribution in [3.63, 3.8) is 0 Å². The Bertz CT molecular complexity index is 838. The Kier molecular flexibility index (Phi) is 4.55. The smallest absolute Gasteiger partial charge is 0.481 e. The number of amides is 1. The monoisotopic (exact) mass is 370 g/mol. The van der Waals surface area contributed by atoms with Crippen LogP contribution in [0.15, 0.2) is 24.3 Å². The highest BCUT2D eigenvalue weighted by atomic mass is 19.4. The predicted octanol–water partition coefficient (Wildman–Crippen LogP) is 3.58. The van der Waals surface area contributed by atoms with Gasteiger partial charge in [0.15, 0.2) is 0 Å². The first-order valence-corrected chi connectivity index (χ1v) is 8.09. The van der Waals surface area contributed by atoms with Crippen LogP contribution in [0.5, 0.6) is 5.75 Å². The summed E-state index contributed by atoms with van der Waals surface area (Å²) in [6.45, 7) is 0. The molecule has 1 amide bonds. The Hall–Kier alpha value is -2.71. The standard InChI is InChI=1S/C17H17F3N2O4/c18-17(19,20)26-11-4-3-10-7-13(21-12(10)8-11)15(25)22-16(9-14(23)24)5-1-2-6-16/h3-4,7-8,21H,1-2,5-6,9H2,(H,22,25)(H,23,24). The van der Waals surface area contributed by atoms with E-state index in [1.54, 1.807) is 0 Å². The molecule has 0 radical (unpaired) electrons. The molecule has 1 aromatic carbocycles. The molecule has 140 valence electrons. The maximum absolute atomic E-state index is 12.5. The molecule has 0 aliphatic heterocycles. The minimum atomic E-state index is -4.80. The zero-order chi connectivity index (χ0) is 18.9. The number of carbonyl (C=O) groups excluding carboxylic acids is 1. The van der Waals surface area contributed by atoms with Crippen LogP contribution in [0.25, 0.3) is 10.9 Å². The summed E-state index contributed by atoms with van der Waals surface area (Å²) in [7, 11) is 0. The van der Waals surface area contributed by atoms with Gasteiger partial charge in [-0.1, -0.05) is 12.8 Å². The second kappa shape index (κ2) is 6.54. The molecular formula is C17H17F3N2O4. The van der Waals surface area contributed by atoms with E-state index < -0.39 is 29.5 Å².